The summed E-state index contributed by atoms with van der Waals surface area (Å²) in [5, 5.41) is 11.4. The van der Waals surface area contributed by atoms with Gasteiger partial charge in [-0.25, -0.2) is 4.98 Å². The summed E-state index contributed by atoms with van der Waals surface area (Å²) < 4.78 is 0. The normalized spacial score (nSPS) is 11.6. The fourth-order valence-electron chi connectivity index (χ4n) is 0.968. The van der Waals surface area contributed by atoms with Crippen LogP contribution in [0.2, 0.25) is 10.3 Å². The van der Waals surface area contributed by atoms with Crippen LogP contribution in [-0.4, -0.2) is 17.4 Å². The molecule has 4 nitrogen and oxygen atoms in total. The zero-order valence-corrected chi connectivity index (χ0v) is 10.0. The number of pyridine rings is 1. The Balaban J connectivity index is 2.71. The van der Waals surface area contributed by atoms with E-state index in [-0.39, 0.29) is 34.2 Å². The number of nitrogens with one attached hydrogen (secondary N) is 1. The molecule has 0 saturated carbocycles. The lowest BCUT2D eigenvalue weighted by atomic mass is 10.2. The number of nitrogens with zero attached hydrogens (tertiary/aromatic N) is 2. The van der Waals surface area contributed by atoms with Crippen molar-refractivity contribution in [2.45, 2.75) is 6.92 Å². The van der Waals surface area contributed by atoms with Gasteiger partial charge in [-0.15, -0.1) is 0 Å². The Kier molecular flexibility index (Phi) is 4.53. The van der Waals surface area contributed by atoms with Gasteiger partial charge in [0.05, 0.1) is 17.6 Å². The van der Waals surface area contributed by atoms with Gasteiger partial charge in [-0.3, -0.25) is 4.79 Å². The third-order valence-electron chi connectivity index (χ3n) is 1.85. The van der Waals surface area contributed by atoms with Gasteiger partial charge in [-0.2, -0.15) is 5.26 Å². The molecular formula is C10H9Cl2N3O. The van der Waals surface area contributed by atoms with E-state index in [9.17, 15) is 4.79 Å². The third-order valence-corrected chi connectivity index (χ3v) is 2.35. The Hall–Kier alpha value is -1.31. The molecule has 0 aliphatic rings. The Morgan fingerprint density at radius 2 is 2.31 bits per heavy atom. The van der Waals surface area contributed by atoms with Gasteiger partial charge in [0.2, 0.25) is 0 Å². The van der Waals surface area contributed by atoms with E-state index >= 15 is 0 Å². The molecule has 0 spiro atoms. The zero-order chi connectivity index (χ0) is 12.1. The molecule has 0 aromatic carbocycles. The first-order chi connectivity index (χ1) is 7.54. The summed E-state index contributed by atoms with van der Waals surface area (Å²) in [5.74, 6) is -0.612. The Bertz CT molecular complexity index is 442. The second-order valence-electron chi connectivity index (χ2n) is 3.21. The van der Waals surface area contributed by atoms with E-state index < -0.39 is 0 Å². The van der Waals surface area contributed by atoms with E-state index in [1.165, 1.54) is 12.1 Å². The molecule has 1 heterocycles. The average Bonchev–Trinajstić information content (AvgIpc) is 2.25. The topological polar surface area (TPSA) is 65.8 Å². The second kappa shape index (κ2) is 5.69. The number of hydrogen-bond donors (Lipinski definition) is 1. The van der Waals surface area contributed by atoms with Crippen molar-refractivity contribution < 1.29 is 4.79 Å². The van der Waals surface area contributed by atoms with Crippen LogP contribution in [0.25, 0.3) is 0 Å². The molecule has 0 bridgehead atoms. The summed E-state index contributed by atoms with van der Waals surface area (Å²) in [6.45, 7) is 1.98. The van der Waals surface area contributed by atoms with Gasteiger partial charge in [0.15, 0.2) is 0 Å². The number of amides is 1. The first-order valence-electron chi connectivity index (χ1n) is 4.54. The molecule has 0 fully saturated rings. The standard InChI is InChI=1S/C10H9Cl2N3O/c1-6(4-13)5-14-10(16)7-2-3-8(11)15-9(7)12/h2-3,6H,5H2,1H3,(H,14,16). The molecule has 1 amide bonds. The third kappa shape index (κ3) is 3.37. The number of aromatic nitrogens is 1. The first-order valence-corrected chi connectivity index (χ1v) is 5.30. The highest BCUT2D eigenvalue weighted by atomic mass is 35.5. The molecule has 1 N–H and O–H groups in total. The van der Waals surface area contributed by atoms with Crippen LogP contribution in [0.15, 0.2) is 12.1 Å². The minimum Gasteiger partial charge on any atom is -0.351 e. The molecule has 1 aromatic rings. The first kappa shape index (κ1) is 12.8. The van der Waals surface area contributed by atoms with E-state index in [0.717, 1.165) is 0 Å². The molecule has 0 saturated heterocycles. The minimum absolute atomic E-state index is 0.0506. The highest BCUT2D eigenvalue weighted by molar-refractivity contribution is 6.34. The van der Waals surface area contributed by atoms with Crippen molar-refractivity contribution in [3.63, 3.8) is 0 Å². The van der Waals surface area contributed by atoms with Gasteiger partial charge in [0.1, 0.15) is 10.3 Å². The lowest BCUT2D eigenvalue weighted by Gasteiger charge is -2.07. The Morgan fingerprint density at radius 3 is 2.88 bits per heavy atom. The largest absolute Gasteiger partial charge is 0.351 e. The van der Waals surface area contributed by atoms with Crippen LogP contribution in [-0.2, 0) is 0 Å². The number of nitriles is 1. The molecule has 1 atom stereocenters. The van der Waals surface area contributed by atoms with Crippen LogP contribution in [0.4, 0.5) is 0 Å². The summed E-state index contributed by atoms with van der Waals surface area (Å²) >= 11 is 11.4. The predicted molar refractivity (Wildman–Crippen MR) is 61.4 cm³/mol. The van der Waals surface area contributed by atoms with Crippen molar-refractivity contribution in [2.75, 3.05) is 6.54 Å². The number of carbonyl (C=O) groups excluding carboxylic acids is 1. The van der Waals surface area contributed by atoms with Crippen molar-refractivity contribution in [1.82, 2.24) is 10.3 Å². The highest BCUT2D eigenvalue weighted by Crippen LogP contribution is 2.16. The van der Waals surface area contributed by atoms with Gasteiger partial charge < -0.3 is 5.32 Å². The number of hydrogen-bond acceptors (Lipinski definition) is 3. The van der Waals surface area contributed by atoms with Crippen LogP contribution in [0.1, 0.15) is 17.3 Å². The van der Waals surface area contributed by atoms with Gasteiger partial charge in [0.25, 0.3) is 5.91 Å². The van der Waals surface area contributed by atoms with Crippen LogP contribution in [0, 0.1) is 17.2 Å². The molecular weight excluding hydrogens is 249 g/mol. The van der Waals surface area contributed by atoms with Crippen molar-refractivity contribution in [2.24, 2.45) is 5.92 Å². The monoisotopic (exact) mass is 257 g/mol. The van der Waals surface area contributed by atoms with E-state index in [4.69, 9.17) is 28.5 Å². The van der Waals surface area contributed by atoms with Gasteiger partial charge >= 0.3 is 0 Å². The van der Waals surface area contributed by atoms with Crippen LogP contribution < -0.4 is 5.32 Å². The predicted octanol–water partition coefficient (Wildman–Crippen LogP) is 2.28. The molecule has 1 aromatic heterocycles. The van der Waals surface area contributed by atoms with Crippen LogP contribution in [0.5, 0.6) is 0 Å². The zero-order valence-electron chi connectivity index (χ0n) is 8.50. The summed E-state index contributed by atoms with van der Waals surface area (Å²) in [4.78, 5) is 15.4. The smallest absolute Gasteiger partial charge is 0.254 e. The quantitative estimate of drug-likeness (QED) is 0.846. The Labute approximate surface area is 103 Å². The molecule has 16 heavy (non-hydrogen) atoms. The van der Waals surface area contributed by atoms with Gasteiger partial charge in [-0.1, -0.05) is 23.2 Å². The molecule has 1 unspecified atom stereocenters. The fraction of sp³-hybridized carbons (Fsp3) is 0.300. The average molecular weight is 258 g/mol. The maximum atomic E-state index is 11.6. The van der Waals surface area contributed by atoms with Gasteiger partial charge in [-0.05, 0) is 19.1 Å². The maximum Gasteiger partial charge on any atom is 0.254 e. The fourth-order valence-corrected chi connectivity index (χ4v) is 1.40. The summed E-state index contributed by atoms with van der Waals surface area (Å²) in [6, 6.07) is 4.98. The lowest BCUT2D eigenvalue weighted by molar-refractivity contribution is 0.0950. The minimum atomic E-state index is -0.365. The number of rotatable bonds is 3. The van der Waals surface area contributed by atoms with E-state index in [2.05, 4.69) is 10.3 Å². The summed E-state index contributed by atoms with van der Waals surface area (Å²) in [7, 11) is 0. The molecule has 0 aliphatic carbocycles. The van der Waals surface area contributed by atoms with E-state index in [0.29, 0.717) is 0 Å². The molecule has 84 valence electrons. The van der Waals surface area contributed by atoms with Gasteiger partial charge in [0, 0.05) is 6.54 Å². The second-order valence-corrected chi connectivity index (χ2v) is 3.96. The maximum absolute atomic E-state index is 11.6. The molecule has 6 heteroatoms. The molecule has 0 aliphatic heterocycles. The van der Waals surface area contributed by atoms with Crippen molar-refractivity contribution in [1.29, 1.82) is 5.26 Å². The van der Waals surface area contributed by atoms with Crippen molar-refractivity contribution >= 4 is 29.1 Å². The number of carbonyl (C=O) groups is 1. The number of halogens is 2. The lowest BCUT2D eigenvalue weighted by Crippen LogP contribution is -2.28. The van der Waals surface area contributed by atoms with Crippen molar-refractivity contribution in [3.05, 3.63) is 28.0 Å². The van der Waals surface area contributed by atoms with E-state index in [1.807, 2.05) is 6.07 Å². The van der Waals surface area contributed by atoms with Crippen molar-refractivity contribution in [3.8, 4) is 6.07 Å². The summed E-state index contributed by atoms with van der Waals surface area (Å²) in [5.41, 5.74) is 0.246. The van der Waals surface area contributed by atoms with E-state index in [1.54, 1.807) is 6.92 Å². The van der Waals surface area contributed by atoms with Crippen LogP contribution in [0.3, 0.4) is 0 Å². The Morgan fingerprint density at radius 1 is 1.62 bits per heavy atom. The summed E-state index contributed by atoms with van der Waals surface area (Å²) in [6.07, 6.45) is 0. The molecule has 1 rings (SSSR count). The SMILES string of the molecule is CC(C#N)CNC(=O)c1ccc(Cl)nc1Cl. The van der Waals surface area contributed by atoms with Crippen LogP contribution >= 0.6 is 23.2 Å². The molecule has 0 radical (unpaired) electrons. The highest BCUT2D eigenvalue weighted by Gasteiger charge is 2.12.